The first-order chi connectivity index (χ1) is 10.2. The molecule has 2 atom stereocenters. The summed E-state index contributed by atoms with van der Waals surface area (Å²) in [6, 6.07) is 3.54. The number of nitrogens with zero attached hydrogens (tertiary/aromatic N) is 2. The van der Waals surface area contributed by atoms with E-state index in [4.69, 9.17) is 0 Å². The van der Waals surface area contributed by atoms with E-state index < -0.39 is 6.10 Å². The maximum Gasteiger partial charge on any atom is 0.253 e. The zero-order valence-electron chi connectivity index (χ0n) is 12.9. The number of anilines is 1. The zero-order valence-corrected chi connectivity index (χ0v) is 12.9. The van der Waals surface area contributed by atoms with Crippen LogP contribution in [0.5, 0.6) is 0 Å². The van der Waals surface area contributed by atoms with Crippen LogP contribution in [0.2, 0.25) is 0 Å². The normalized spacial score (nSPS) is 21.9. The predicted octanol–water partition coefficient (Wildman–Crippen LogP) is 1.96. The third kappa shape index (κ3) is 3.94. The molecule has 0 aliphatic heterocycles. The molecule has 2 unspecified atom stereocenters. The summed E-state index contributed by atoms with van der Waals surface area (Å²) in [7, 11) is 0. The third-order valence-corrected chi connectivity index (χ3v) is 4.14. The molecular formula is C16H25N3O2. The van der Waals surface area contributed by atoms with Gasteiger partial charge in [-0.05, 0) is 38.8 Å². The Kier molecular flexibility index (Phi) is 5.56. The van der Waals surface area contributed by atoms with Crippen molar-refractivity contribution in [2.24, 2.45) is 0 Å². The van der Waals surface area contributed by atoms with Gasteiger partial charge in [0, 0.05) is 19.3 Å². The van der Waals surface area contributed by atoms with Gasteiger partial charge in [-0.3, -0.25) is 4.79 Å². The van der Waals surface area contributed by atoms with Crippen molar-refractivity contribution in [2.45, 2.75) is 51.7 Å². The summed E-state index contributed by atoms with van der Waals surface area (Å²) in [5.41, 5.74) is 0.545. The zero-order chi connectivity index (χ0) is 15.2. The quantitative estimate of drug-likeness (QED) is 0.870. The average Bonchev–Trinajstić information content (AvgIpc) is 2.51. The summed E-state index contributed by atoms with van der Waals surface area (Å²) in [5.74, 6) is 0.730. The fourth-order valence-electron chi connectivity index (χ4n) is 2.79. The highest BCUT2D eigenvalue weighted by Gasteiger charge is 2.24. The van der Waals surface area contributed by atoms with Crippen LogP contribution in [0, 0.1) is 0 Å². The van der Waals surface area contributed by atoms with Gasteiger partial charge in [-0.25, -0.2) is 4.98 Å². The second kappa shape index (κ2) is 7.41. The van der Waals surface area contributed by atoms with Crippen LogP contribution in [0.1, 0.15) is 49.9 Å². The second-order valence-corrected chi connectivity index (χ2v) is 5.51. The molecule has 2 N–H and O–H groups in total. The lowest BCUT2D eigenvalue weighted by atomic mass is 9.92. The molecule has 1 saturated carbocycles. The topological polar surface area (TPSA) is 65.5 Å². The van der Waals surface area contributed by atoms with Gasteiger partial charge in [-0.2, -0.15) is 0 Å². The summed E-state index contributed by atoms with van der Waals surface area (Å²) in [5, 5.41) is 12.8. The minimum atomic E-state index is -0.425. The third-order valence-electron chi connectivity index (χ3n) is 4.14. The number of pyridine rings is 1. The van der Waals surface area contributed by atoms with Crippen molar-refractivity contribution in [3.8, 4) is 0 Å². The van der Waals surface area contributed by atoms with Gasteiger partial charge in [0.1, 0.15) is 5.82 Å². The summed E-state index contributed by atoms with van der Waals surface area (Å²) in [4.78, 5) is 18.7. The summed E-state index contributed by atoms with van der Waals surface area (Å²) in [6.45, 7) is 5.94. The molecule has 1 aromatic rings. The van der Waals surface area contributed by atoms with E-state index in [1.807, 2.05) is 6.07 Å². The Morgan fingerprint density at radius 1 is 1.33 bits per heavy atom. The van der Waals surface area contributed by atoms with Gasteiger partial charge < -0.3 is 15.3 Å². The van der Waals surface area contributed by atoms with Gasteiger partial charge in [0.05, 0.1) is 17.7 Å². The molecule has 0 saturated heterocycles. The highest BCUT2D eigenvalue weighted by Crippen LogP contribution is 2.19. The van der Waals surface area contributed by atoms with Crippen molar-refractivity contribution in [3.05, 3.63) is 23.9 Å². The molecule has 1 aliphatic rings. The second-order valence-electron chi connectivity index (χ2n) is 5.51. The van der Waals surface area contributed by atoms with E-state index in [1.165, 1.54) is 0 Å². The molecule has 5 nitrogen and oxygen atoms in total. The first kappa shape index (κ1) is 15.8. The number of aliphatic hydroxyl groups is 1. The number of aromatic nitrogens is 1. The van der Waals surface area contributed by atoms with E-state index in [-0.39, 0.29) is 11.9 Å². The smallest absolute Gasteiger partial charge is 0.253 e. The van der Waals surface area contributed by atoms with Gasteiger partial charge >= 0.3 is 0 Å². The lowest BCUT2D eigenvalue weighted by molar-refractivity contribution is 0.0717. The number of aliphatic hydroxyl groups excluding tert-OH is 1. The van der Waals surface area contributed by atoms with Crippen LogP contribution in [-0.2, 0) is 0 Å². The lowest BCUT2D eigenvalue weighted by Gasteiger charge is -2.28. The van der Waals surface area contributed by atoms with E-state index in [9.17, 15) is 9.90 Å². The molecule has 1 aliphatic carbocycles. The van der Waals surface area contributed by atoms with Crippen LogP contribution in [0.25, 0.3) is 0 Å². The number of hydrogen-bond donors (Lipinski definition) is 2. The average molecular weight is 291 g/mol. The molecule has 0 spiro atoms. The SMILES string of the molecule is CCN(CC)c1ccc(C(=O)NC2CCCCC2O)cn1. The van der Waals surface area contributed by atoms with Gasteiger partial charge in [0.25, 0.3) is 5.91 Å². The van der Waals surface area contributed by atoms with Gasteiger partial charge in [-0.1, -0.05) is 12.8 Å². The van der Waals surface area contributed by atoms with Crippen molar-refractivity contribution in [2.75, 3.05) is 18.0 Å². The van der Waals surface area contributed by atoms with Crippen LogP contribution in [-0.4, -0.2) is 41.2 Å². The maximum atomic E-state index is 12.2. The molecule has 116 valence electrons. The molecule has 2 rings (SSSR count). The number of carbonyl (C=O) groups is 1. The lowest BCUT2D eigenvalue weighted by Crippen LogP contribution is -2.45. The Hall–Kier alpha value is -1.62. The number of nitrogens with one attached hydrogen (secondary N) is 1. The highest BCUT2D eigenvalue weighted by molar-refractivity contribution is 5.94. The summed E-state index contributed by atoms with van der Waals surface area (Å²) < 4.78 is 0. The number of hydrogen-bond acceptors (Lipinski definition) is 4. The minimum Gasteiger partial charge on any atom is -0.391 e. The van der Waals surface area contributed by atoms with Gasteiger partial charge in [0.2, 0.25) is 0 Å². The van der Waals surface area contributed by atoms with Crippen LogP contribution in [0.15, 0.2) is 18.3 Å². The molecular weight excluding hydrogens is 266 g/mol. The van der Waals surface area contributed by atoms with Crippen LogP contribution in [0.4, 0.5) is 5.82 Å². The van der Waals surface area contributed by atoms with Crippen LogP contribution in [0.3, 0.4) is 0 Å². The Balaban J connectivity index is 1.99. The molecule has 0 aromatic carbocycles. The molecule has 0 bridgehead atoms. The molecule has 1 amide bonds. The molecule has 21 heavy (non-hydrogen) atoms. The first-order valence-electron chi connectivity index (χ1n) is 7.85. The van der Waals surface area contributed by atoms with E-state index in [2.05, 4.69) is 29.0 Å². The monoisotopic (exact) mass is 291 g/mol. The molecule has 1 aromatic heterocycles. The van der Waals surface area contributed by atoms with E-state index in [0.29, 0.717) is 5.56 Å². The predicted molar refractivity (Wildman–Crippen MR) is 83.5 cm³/mol. The van der Waals surface area contributed by atoms with Crippen LogP contribution >= 0.6 is 0 Å². The molecule has 1 fully saturated rings. The van der Waals surface area contributed by atoms with Gasteiger partial charge in [-0.15, -0.1) is 0 Å². The Labute approximate surface area is 126 Å². The first-order valence-corrected chi connectivity index (χ1v) is 7.85. The van der Waals surface area contributed by atoms with E-state index in [1.54, 1.807) is 12.3 Å². The Bertz CT molecular complexity index is 457. The number of rotatable bonds is 5. The maximum absolute atomic E-state index is 12.2. The minimum absolute atomic E-state index is 0.131. The van der Waals surface area contributed by atoms with Crippen LogP contribution < -0.4 is 10.2 Å². The van der Waals surface area contributed by atoms with Crippen molar-refractivity contribution in [1.29, 1.82) is 0 Å². The number of carbonyl (C=O) groups excluding carboxylic acids is 1. The molecule has 5 heteroatoms. The Morgan fingerprint density at radius 2 is 2.05 bits per heavy atom. The Morgan fingerprint density at radius 3 is 2.62 bits per heavy atom. The van der Waals surface area contributed by atoms with Crippen molar-refractivity contribution < 1.29 is 9.90 Å². The standard InChI is InChI=1S/C16H25N3O2/c1-3-19(4-2)15-10-9-12(11-17-15)16(21)18-13-7-5-6-8-14(13)20/h9-11,13-14,20H,3-8H2,1-2H3,(H,18,21). The summed E-state index contributed by atoms with van der Waals surface area (Å²) in [6.07, 6.45) is 4.89. The van der Waals surface area contributed by atoms with E-state index in [0.717, 1.165) is 44.6 Å². The van der Waals surface area contributed by atoms with Crippen molar-refractivity contribution in [3.63, 3.8) is 0 Å². The fourth-order valence-corrected chi connectivity index (χ4v) is 2.79. The largest absolute Gasteiger partial charge is 0.391 e. The van der Waals surface area contributed by atoms with Crippen molar-refractivity contribution in [1.82, 2.24) is 10.3 Å². The fraction of sp³-hybridized carbons (Fsp3) is 0.625. The summed E-state index contributed by atoms with van der Waals surface area (Å²) >= 11 is 0. The van der Waals surface area contributed by atoms with Gasteiger partial charge in [0.15, 0.2) is 0 Å². The highest BCUT2D eigenvalue weighted by atomic mass is 16.3. The van der Waals surface area contributed by atoms with Crippen molar-refractivity contribution >= 4 is 11.7 Å². The number of amides is 1. The van der Waals surface area contributed by atoms with E-state index >= 15 is 0 Å². The molecule has 0 radical (unpaired) electrons. The molecule has 1 heterocycles.